The highest BCUT2D eigenvalue weighted by atomic mass is 16.3. The molecule has 3 N–H and O–H groups in total. The molecule has 2 rings (SSSR count). The van der Waals surface area contributed by atoms with Crippen LogP contribution in [0.15, 0.2) is 18.3 Å². The van der Waals surface area contributed by atoms with Gasteiger partial charge in [0.1, 0.15) is 0 Å². The lowest BCUT2D eigenvalue weighted by Crippen LogP contribution is -2.47. The minimum Gasteiger partial charge on any atom is -0.395 e. The van der Waals surface area contributed by atoms with Crippen LogP contribution in [0.1, 0.15) is 18.7 Å². The zero-order valence-electron chi connectivity index (χ0n) is 10.9. The highest BCUT2D eigenvalue weighted by molar-refractivity contribution is 5.45. The molecule has 0 aliphatic carbocycles. The van der Waals surface area contributed by atoms with Crippen molar-refractivity contribution in [1.29, 1.82) is 0 Å². The Morgan fingerprint density at radius 1 is 1.33 bits per heavy atom. The number of β-amino-alcohol motifs (C(OH)–C–C–N with tert-alkyl or cyclic N) is 1. The van der Waals surface area contributed by atoms with Crippen LogP contribution in [0.25, 0.3) is 0 Å². The highest BCUT2D eigenvalue weighted by Gasteiger charge is 2.16. The summed E-state index contributed by atoms with van der Waals surface area (Å²) < 4.78 is 0. The molecule has 1 atom stereocenters. The Morgan fingerprint density at radius 3 is 2.56 bits per heavy atom. The van der Waals surface area contributed by atoms with E-state index >= 15 is 0 Å². The Hall–Kier alpha value is -1.17. The number of aliphatic hydroxyl groups is 1. The fourth-order valence-electron chi connectivity index (χ4n) is 2.23. The van der Waals surface area contributed by atoms with Crippen molar-refractivity contribution in [2.24, 2.45) is 5.73 Å². The first kappa shape index (κ1) is 13.3. The topological polar surface area (TPSA) is 65.6 Å². The van der Waals surface area contributed by atoms with Crippen LogP contribution in [0, 0.1) is 0 Å². The predicted octanol–water partition coefficient (Wildman–Crippen LogP) is 0.216. The average molecular weight is 250 g/mol. The SMILES string of the molecule is CC(N)c1ccc(N2CCN(CCO)CC2)cn1. The van der Waals surface area contributed by atoms with E-state index in [9.17, 15) is 0 Å². The molecule has 1 saturated heterocycles. The molecule has 1 aliphatic rings. The number of pyridine rings is 1. The summed E-state index contributed by atoms with van der Waals surface area (Å²) in [5.41, 5.74) is 7.87. The van der Waals surface area contributed by atoms with Crippen LogP contribution >= 0.6 is 0 Å². The maximum Gasteiger partial charge on any atom is 0.0569 e. The molecule has 0 radical (unpaired) electrons. The minimum absolute atomic E-state index is 0.0135. The molecule has 1 aliphatic heterocycles. The average Bonchev–Trinajstić information content (AvgIpc) is 2.40. The smallest absolute Gasteiger partial charge is 0.0569 e. The Morgan fingerprint density at radius 2 is 2.06 bits per heavy atom. The van der Waals surface area contributed by atoms with Crippen molar-refractivity contribution in [3.8, 4) is 0 Å². The van der Waals surface area contributed by atoms with Crippen LogP contribution in [0.3, 0.4) is 0 Å². The van der Waals surface area contributed by atoms with Crippen molar-refractivity contribution in [2.75, 3.05) is 44.2 Å². The number of piperazine rings is 1. The van der Waals surface area contributed by atoms with Gasteiger partial charge in [0.25, 0.3) is 0 Å². The van der Waals surface area contributed by atoms with Crippen molar-refractivity contribution < 1.29 is 5.11 Å². The first-order valence-electron chi connectivity index (χ1n) is 6.50. The monoisotopic (exact) mass is 250 g/mol. The number of hydrogen-bond donors (Lipinski definition) is 2. The molecule has 1 aromatic rings. The summed E-state index contributed by atoms with van der Waals surface area (Å²) in [5.74, 6) is 0. The van der Waals surface area contributed by atoms with Gasteiger partial charge in [-0.25, -0.2) is 0 Å². The molecule has 18 heavy (non-hydrogen) atoms. The van der Waals surface area contributed by atoms with E-state index in [1.807, 2.05) is 19.2 Å². The van der Waals surface area contributed by atoms with E-state index in [1.54, 1.807) is 0 Å². The van der Waals surface area contributed by atoms with Gasteiger partial charge < -0.3 is 15.7 Å². The van der Waals surface area contributed by atoms with E-state index in [4.69, 9.17) is 10.8 Å². The molecule has 5 nitrogen and oxygen atoms in total. The Balaban J connectivity index is 1.93. The number of nitrogens with two attached hydrogens (primary N) is 1. The molecule has 0 amide bonds. The third kappa shape index (κ3) is 3.19. The van der Waals surface area contributed by atoms with Gasteiger partial charge in [-0.2, -0.15) is 0 Å². The lowest BCUT2D eigenvalue weighted by Gasteiger charge is -2.35. The lowest BCUT2D eigenvalue weighted by molar-refractivity contribution is 0.189. The minimum atomic E-state index is -0.0135. The molecule has 5 heteroatoms. The number of hydrogen-bond acceptors (Lipinski definition) is 5. The van der Waals surface area contributed by atoms with Crippen molar-refractivity contribution in [1.82, 2.24) is 9.88 Å². The van der Waals surface area contributed by atoms with E-state index in [-0.39, 0.29) is 12.6 Å². The van der Waals surface area contributed by atoms with Gasteiger partial charge in [-0.15, -0.1) is 0 Å². The second-order valence-electron chi connectivity index (χ2n) is 4.78. The molecule has 2 heterocycles. The standard InChI is InChI=1S/C13H22N4O/c1-11(14)13-3-2-12(10-15-13)17-6-4-16(5-7-17)8-9-18/h2-3,10-11,18H,4-9,14H2,1H3. The number of nitrogens with zero attached hydrogens (tertiary/aromatic N) is 3. The largest absolute Gasteiger partial charge is 0.395 e. The summed E-state index contributed by atoms with van der Waals surface area (Å²) in [6.07, 6.45) is 1.90. The molecule has 1 aromatic heterocycles. The summed E-state index contributed by atoms with van der Waals surface area (Å²) in [6, 6.07) is 4.08. The molecule has 0 saturated carbocycles. The maximum absolute atomic E-state index is 8.91. The number of rotatable bonds is 4. The third-order valence-corrected chi connectivity index (χ3v) is 3.39. The molecule has 100 valence electrons. The second kappa shape index (κ2) is 6.13. The van der Waals surface area contributed by atoms with E-state index in [2.05, 4.69) is 20.9 Å². The summed E-state index contributed by atoms with van der Waals surface area (Å²) in [4.78, 5) is 8.99. The summed E-state index contributed by atoms with van der Waals surface area (Å²) in [6.45, 7) is 6.92. The number of aromatic nitrogens is 1. The number of anilines is 1. The molecule has 1 fully saturated rings. The molecular formula is C13H22N4O. The van der Waals surface area contributed by atoms with Gasteiger partial charge in [-0.3, -0.25) is 9.88 Å². The van der Waals surface area contributed by atoms with Crippen molar-refractivity contribution in [3.63, 3.8) is 0 Å². The van der Waals surface area contributed by atoms with Gasteiger partial charge in [0.2, 0.25) is 0 Å². The summed E-state index contributed by atoms with van der Waals surface area (Å²) in [5, 5.41) is 8.91. The van der Waals surface area contributed by atoms with E-state index in [0.29, 0.717) is 0 Å². The molecule has 0 aromatic carbocycles. The molecule has 1 unspecified atom stereocenters. The maximum atomic E-state index is 8.91. The highest BCUT2D eigenvalue weighted by Crippen LogP contribution is 2.17. The van der Waals surface area contributed by atoms with Crippen molar-refractivity contribution in [3.05, 3.63) is 24.0 Å². The Bertz CT molecular complexity index is 358. The van der Waals surface area contributed by atoms with Crippen LogP contribution in [0.2, 0.25) is 0 Å². The summed E-state index contributed by atoms with van der Waals surface area (Å²) in [7, 11) is 0. The molecule has 0 spiro atoms. The van der Waals surface area contributed by atoms with Gasteiger partial charge >= 0.3 is 0 Å². The Kier molecular flexibility index (Phi) is 4.52. The zero-order valence-corrected chi connectivity index (χ0v) is 10.9. The van der Waals surface area contributed by atoms with Gasteiger partial charge in [-0.05, 0) is 19.1 Å². The van der Waals surface area contributed by atoms with Crippen LogP contribution < -0.4 is 10.6 Å². The quantitative estimate of drug-likeness (QED) is 0.800. The van der Waals surface area contributed by atoms with E-state index in [0.717, 1.165) is 44.1 Å². The van der Waals surface area contributed by atoms with Crippen LogP contribution in [0.5, 0.6) is 0 Å². The van der Waals surface area contributed by atoms with Crippen LogP contribution in [-0.2, 0) is 0 Å². The fourth-order valence-corrected chi connectivity index (χ4v) is 2.23. The number of aliphatic hydroxyl groups excluding tert-OH is 1. The second-order valence-corrected chi connectivity index (χ2v) is 4.78. The molecular weight excluding hydrogens is 228 g/mol. The molecule has 0 bridgehead atoms. The van der Waals surface area contributed by atoms with Crippen molar-refractivity contribution >= 4 is 5.69 Å². The van der Waals surface area contributed by atoms with Gasteiger partial charge in [0.05, 0.1) is 24.2 Å². The Labute approximate surface area is 108 Å². The first-order valence-corrected chi connectivity index (χ1v) is 6.50. The van der Waals surface area contributed by atoms with E-state index in [1.165, 1.54) is 0 Å². The van der Waals surface area contributed by atoms with E-state index < -0.39 is 0 Å². The van der Waals surface area contributed by atoms with Gasteiger partial charge in [0.15, 0.2) is 0 Å². The third-order valence-electron chi connectivity index (χ3n) is 3.39. The van der Waals surface area contributed by atoms with Crippen LogP contribution in [-0.4, -0.2) is 54.3 Å². The van der Waals surface area contributed by atoms with Gasteiger partial charge in [0, 0.05) is 38.8 Å². The van der Waals surface area contributed by atoms with Crippen molar-refractivity contribution in [2.45, 2.75) is 13.0 Å². The summed E-state index contributed by atoms with van der Waals surface area (Å²) >= 11 is 0. The van der Waals surface area contributed by atoms with Gasteiger partial charge in [-0.1, -0.05) is 0 Å². The van der Waals surface area contributed by atoms with Crippen LogP contribution in [0.4, 0.5) is 5.69 Å². The lowest BCUT2D eigenvalue weighted by atomic mass is 10.2. The first-order chi connectivity index (χ1) is 8.70. The normalized spacial score (nSPS) is 18.9. The zero-order chi connectivity index (χ0) is 13.0. The fraction of sp³-hybridized carbons (Fsp3) is 0.615. The predicted molar refractivity (Wildman–Crippen MR) is 72.6 cm³/mol.